The van der Waals surface area contributed by atoms with Crippen LogP contribution in [0.4, 0.5) is 0 Å². The Morgan fingerprint density at radius 1 is 0.321 bits per heavy atom. The molecule has 0 aliphatic rings. The number of rotatable bonds is 74. The molecule has 2 unspecified atom stereocenters. The molecule has 0 radical (unpaired) electrons. The fourth-order valence-electron chi connectivity index (χ4n) is 12.6. The first-order valence-electron chi connectivity index (χ1n) is 38.9. The molecule has 0 spiro atoms. The largest absolute Gasteiger partial charge is 0.466 e. The first-order valence-corrected chi connectivity index (χ1v) is 38.9. The number of aliphatic hydroxyl groups excluding tert-OH is 2. The van der Waals surface area contributed by atoms with E-state index in [0.717, 1.165) is 44.9 Å². The summed E-state index contributed by atoms with van der Waals surface area (Å²) in [6, 6.07) is -0.538. The Balaban J connectivity index is 3.32. The molecule has 0 aliphatic heterocycles. The molecule has 0 bridgehead atoms. The highest BCUT2D eigenvalue weighted by molar-refractivity contribution is 5.76. The molecule has 0 rings (SSSR count). The van der Waals surface area contributed by atoms with Crippen LogP contribution in [0, 0.1) is 0 Å². The van der Waals surface area contributed by atoms with Crippen molar-refractivity contribution >= 4 is 11.9 Å². The Kier molecular flexibility index (Phi) is 72.8. The van der Waals surface area contributed by atoms with Gasteiger partial charge in [0, 0.05) is 12.8 Å². The fraction of sp³-hybridized carbons (Fsp3) is 0.949. The van der Waals surface area contributed by atoms with Crippen molar-refractivity contribution in [1.29, 1.82) is 0 Å². The fourth-order valence-corrected chi connectivity index (χ4v) is 12.6. The number of unbranched alkanes of at least 4 members (excludes halogenated alkanes) is 61. The molecular weight excluding hydrogens is 1030 g/mol. The molecule has 0 fully saturated rings. The van der Waals surface area contributed by atoms with E-state index >= 15 is 0 Å². The van der Waals surface area contributed by atoms with E-state index in [0.29, 0.717) is 25.9 Å². The summed E-state index contributed by atoms with van der Waals surface area (Å²) in [4.78, 5) is 24.6. The van der Waals surface area contributed by atoms with Gasteiger partial charge in [-0.3, -0.25) is 9.59 Å². The number of ether oxygens (including phenoxy) is 1. The van der Waals surface area contributed by atoms with E-state index in [-0.39, 0.29) is 18.5 Å². The van der Waals surface area contributed by atoms with Gasteiger partial charge in [0.1, 0.15) is 0 Å². The number of carbonyl (C=O) groups excluding carboxylic acids is 2. The highest BCUT2D eigenvalue weighted by Crippen LogP contribution is 2.20. The Hall–Kier alpha value is -1.40. The molecule has 0 aromatic heterocycles. The zero-order chi connectivity index (χ0) is 60.6. The van der Waals surface area contributed by atoms with Crippen molar-refractivity contribution in [2.45, 2.75) is 463 Å². The normalized spacial score (nSPS) is 12.5. The van der Waals surface area contributed by atoms with Gasteiger partial charge in [0.25, 0.3) is 0 Å². The Labute approximate surface area is 527 Å². The van der Waals surface area contributed by atoms with Crippen molar-refractivity contribution in [3.63, 3.8) is 0 Å². The Morgan fingerprint density at radius 2 is 0.560 bits per heavy atom. The summed E-state index contributed by atoms with van der Waals surface area (Å²) in [5.74, 6) is -0.0118. The van der Waals surface area contributed by atoms with Gasteiger partial charge in [0.05, 0.1) is 25.4 Å². The number of allylic oxidation sites excluding steroid dienone is 2. The summed E-state index contributed by atoms with van der Waals surface area (Å²) in [6.45, 7) is 4.98. The Bertz CT molecular complexity index is 1270. The second-order valence-corrected chi connectivity index (χ2v) is 27.0. The van der Waals surface area contributed by atoms with Crippen LogP contribution in [0.1, 0.15) is 450 Å². The molecule has 2 atom stereocenters. The number of carbonyl (C=O) groups is 2. The molecule has 3 N–H and O–H groups in total. The van der Waals surface area contributed by atoms with Gasteiger partial charge in [0.15, 0.2) is 0 Å². The van der Waals surface area contributed by atoms with Crippen LogP contribution in [0.5, 0.6) is 0 Å². The van der Waals surface area contributed by atoms with Gasteiger partial charge < -0.3 is 20.3 Å². The van der Waals surface area contributed by atoms with Crippen LogP contribution < -0.4 is 5.32 Å². The molecule has 0 aromatic carbocycles. The summed E-state index contributed by atoms with van der Waals surface area (Å²) in [5, 5.41) is 23.5. The van der Waals surface area contributed by atoms with Gasteiger partial charge in [-0.05, 0) is 51.4 Å². The standard InChI is InChI=1S/C78H153NO5/c1-3-5-7-9-11-13-15-17-18-19-20-21-35-38-41-44-47-50-54-58-62-66-70-76(81)75(74-80)79-77(82)71-67-63-59-55-51-48-45-42-39-36-33-31-29-27-25-23-22-24-26-28-30-32-34-37-40-43-46-49-53-57-61-65-69-73-84-78(83)72-68-64-60-56-52-16-14-12-10-8-6-4-2/h12,14,75-76,80-81H,3-11,13,15-74H2,1-2H3,(H,79,82)/b14-12-. The minimum absolute atomic E-state index is 0.0126. The highest BCUT2D eigenvalue weighted by Gasteiger charge is 2.20. The lowest BCUT2D eigenvalue weighted by Crippen LogP contribution is -2.45. The first-order chi connectivity index (χ1) is 41.5. The van der Waals surface area contributed by atoms with Gasteiger partial charge >= 0.3 is 5.97 Å². The molecule has 1 amide bonds. The number of esters is 1. The summed E-state index contributed by atoms with van der Waals surface area (Å²) < 4.78 is 5.48. The lowest BCUT2D eigenvalue weighted by molar-refractivity contribution is -0.143. The molecule has 0 aromatic rings. The first kappa shape index (κ1) is 82.6. The molecule has 84 heavy (non-hydrogen) atoms. The molecular formula is C78H153NO5. The number of hydrogen-bond acceptors (Lipinski definition) is 5. The molecule has 6 heteroatoms. The third-order valence-electron chi connectivity index (χ3n) is 18.6. The molecule has 500 valence electrons. The van der Waals surface area contributed by atoms with Crippen LogP contribution in [-0.2, 0) is 14.3 Å². The van der Waals surface area contributed by atoms with Crippen molar-refractivity contribution < 1.29 is 24.5 Å². The van der Waals surface area contributed by atoms with Gasteiger partial charge in [-0.15, -0.1) is 0 Å². The van der Waals surface area contributed by atoms with E-state index in [1.54, 1.807) is 0 Å². The second kappa shape index (κ2) is 74.1. The zero-order valence-corrected chi connectivity index (χ0v) is 57.4. The maximum absolute atomic E-state index is 12.6. The minimum Gasteiger partial charge on any atom is -0.466 e. The van der Waals surface area contributed by atoms with Crippen molar-refractivity contribution in [2.75, 3.05) is 13.2 Å². The average molecular weight is 1190 g/mol. The van der Waals surface area contributed by atoms with Crippen molar-refractivity contribution in [3.8, 4) is 0 Å². The molecule has 0 heterocycles. The van der Waals surface area contributed by atoms with E-state index in [1.807, 2.05) is 0 Å². The highest BCUT2D eigenvalue weighted by atomic mass is 16.5. The minimum atomic E-state index is -0.661. The monoisotopic (exact) mass is 1180 g/mol. The van der Waals surface area contributed by atoms with Gasteiger partial charge in [-0.1, -0.05) is 398 Å². The maximum atomic E-state index is 12.6. The van der Waals surface area contributed by atoms with Crippen LogP contribution >= 0.6 is 0 Å². The zero-order valence-electron chi connectivity index (χ0n) is 57.4. The lowest BCUT2D eigenvalue weighted by Gasteiger charge is -2.22. The predicted molar refractivity (Wildman–Crippen MR) is 370 cm³/mol. The van der Waals surface area contributed by atoms with Crippen molar-refractivity contribution in [2.24, 2.45) is 0 Å². The van der Waals surface area contributed by atoms with Crippen LogP contribution in [0.15, 0.2) is 12.2 Å². The number of nitrogens with one attached hydrogen (secondary N) is 1. The molecule has 0 saturated heterocycles. The van der Waals surface area contributed by atoms with E-state index in [9.17, 15) is 19.8 Å². The molecule has 6 nitrogen and oxygen atoms in total. The van der Waals surface area contributed by atoms with E-state index < -0.39 is 12.1 Å². The van der Waals surface area contributed by atoms with Crippen LogP contribution in [-0.4, -0.2) is 47.4 Å². The SMILES string of the molecule is CCCCC/C=C\CCCCCCCC(=O)OCCCCCCCCCCCCCCCCCCCCCCCCCCCCCCCCCCCC(=O)NC(CO)C(O)CCCCCCCCCCCCCCCCCCCCCCCC. The Morgan fingerprint density at radius 3 is 0.869 bits per heavy atom. The van der Waals surface area contributed by atoms with E-state index in [2.05, 4.69) is 31.3 Å². The van der Waals surface area contributed by atoms with Crippen LogP contribution in [0.3, 0.4) is 0 Å². The summed E-state index contributed by atoms with van der Waals surface area (Å²) >= 11 is 0. The maximum Gasteiger partial charge on any atom is 0.305 e. The van der Waals surface area contributed by atoms with Crippen molar-refractivity contribution in [3.05, 3.63) is 12.2 Å². The second-order valence-electron chi connectivity index (χ2n) is 27.0. The van der Waals surface area contributed by atoms with Crippen LogP contribution in [0.25, 0.3) is 0 Å². The van der Waals surface area contributed by atoms with Gasteiger partial charge in [-0.25, -0.2) is 0 Å². The quantitative estimate of drug-likeness (QED) is 0.0320. The topological polar surface area (TPSA) is 95.9 Å². The van der Waals surface area contributed by atoms with E-state index in [4.69, 9.17) is 4.74 Å². The molecule has 0 saturated carbocycles. The van der Waals surface area contributed by atoms with Gasteiger partial charge in [0.2, 0.25) is 5.91 Å². The third kappa shape index (κ3) is 69.7. The number of amides is 1. The smallest absolute Gasteiger partial charge is 0.305 e. The van der Waals surface area contributed by atoms with Crippen LogP contribution in [0.2, 0.25) is 0 Å². The van der Waals surface area contributed by atoms with Gasteiger partial charge in [-0.2, -0.15) is 0 Å². The lowest BCUT2D eigenvalue weighted by atomic mass is 10.0. The predicted octanol–water partition coefficient (Wildman–Crippen LogP) is 25.5. The number of hydrogen-bond donors (Lipinski definition) is 3. The van der Waals surface area contributed by atoms with Crippen molar-refractivity contribution in [1.82, 2.24) is 5.32 Å². The number of aliphatic hydroxyl groups is 2. The van der Waals surface area contributed by atoms with E-state index in [1.165, 1.54) is 372 Å². The third-order valence-corrected chi connectivity index (χ3v) is 18.6. The average Bonchev–Trinajstić information content (AvgIpc) is 3.51. The molecule has 0 aliphatic carbocycles. The summed E-state index contributed by atoms with van der Waals surface area (Å²) in [6.07, 6.45) is 93.0. The summed E-state index contributed by atoms with van der Waals surface area (Å²) in [5.41, 5.74) is 0. The summed E-state index contributed by atoms with van der Waals surface area (Å²) in [7, 11) is 0.